The van der Waals surface area contributed by atoms with Crippen LogP contribution in [-0.2, 0) is 21.4 Å². The second-order valence-electron chi connectivity index (χ2n) is 14.6. The van der Waals surface area contributed by atoms with Crippen LogP contribution in [-0.4, -0.2) is 82.3 Å². The number of carbonyl (C=O) groups excluding carboxylic acids is 1. The van der Waals surface area contributed by atoms with Gasteiger partial charge in [-0.3, -0.25) is 14.7 Å². The molecule has 0 unspecified atom stereocenters. The van der Waals surface area contributed by atoms with Crippen LogP contribution >= 0.6 is 0 Å². The normalized spacial score (nSPS) is 14.8. The van der Waals surface area contributed by atoms with Crippen molar-refractivity contribution in [2.45, 2.75) is 64.4 Å². The topological polar surface area (TPSA) is 113 Å². The summed E-state index contributed by atoms with van der Waals surface area (Å²) in [5, 5.41) is 2.95. The molecule has 1 N–H and O–H groups in total. The number of aromatic nitrogens is 4. The second-order valence-corrected chi connectivity index (χ2v) is 16.6. The highest BCUT2D eigenvalue weighted by Gasteiger charge is 2.29. The largest absolute Gasteiger partial charge is 0.351 e. The van der Waals surface area contributed by atoms with Gasteiger partial charge in [-0.1, -0.05) is 68.0 Å². The quantitative estimate of drug-likeness (QED) is 0.116. The number of sulfonamides is 1. The molecule has 0 spiro atoms. The Morgan fingerprint density at radius 2 is 1.70 bits per heavy atom. The van der Waals surface area contributed by atoms with Gasteiger partial charge >= 0.3 is 0 Å². The molecule has 282 valence electrons. The van der Waals surface area contributed by atoms with Crippen molar-refractivity contribution >= 4 is 38.6 Å². The smallest absolute Gasteiger partial charge is 0.244 e. The monoisotopic (exact) mass is 745 g/mol. The van der Waals surface area contributed by atoms with Crippen LogP contribution in [0.5, 0.6) is 0 Å². The van der Waals surface area contributed by atoms with Crippen molar-refractivity contribution in [3.8, 4) is 0 Å². The van der Waals surface area contributed by atoms with Crippen molar-refractivity contribution in [3.05, 3.63) is 131 Å². The zero-order chi connectivity index (χ0) is 38.2. The predicted octanol–water partition coefficient (Wildman–Crippen LogP) is 6.88. The maximum atomic E-state index is 13.9. The molecule has 6 rings (SSSR count). The summed E-state index contributed by atoms with van der Waals surface area (Å²) in [6.07, 6.45) is 12.0. The number of likely N-dealkylation sites (tertiary alicyclic amines) is 1. The van der Waals surface area contributed by atoms with Gasteiger partial charge in [-0.25, -0.2) is 18.4 Å². The van der Waals surface area contributed by atoms with Gasteiger partial charge in [-0.15, -0.1) is 0 Å². The standard InChI is InChI=1S/C43H51N7O3S/c1-31(2)27-37(48(5)54(52,53)38-18-13-34(14-19-38)30-50-33(4)46-41-29-44-23-21-42(41)50)28-45-43(51)20-17-36-9-8-10-40(47-36)39(22-26-49-24-6-7-25-49)35-15-11-32(3)12-16-35/h8-23,29,31,37H,6-7,24-28,30H2,1-5H3,(H,45,51)/t37-/m0/s1. The number of benzene rings is 2. The van der Waals surface area contributed by atoms with Crippen LogP contribution < -0.4 is 5.32 Å². The zero-order valence-corrected chi connectivity index (χ0v) is 32.8. The molecule has 0 bridgehead atoms. The highest BCUT2D eigenvalue weighted by atomic mass is 32.2. The first kappa shape index (κ1) is 38.7. The summed E-state index contributed by atoms with van der Waals surface area (Å²) in [5.74, 6) is 0.756. The van der Waals surface area contributed by atoms with Crippen LogP contribution in [0.2, 0.25) is 0 Å². The maximum absolute atomic E-state index is 13.9. The number of rotatable bonds is 15. The first-order valence-electron chi connectivity index (χ1n) is 18.7. The van der Waals surface area contributed by atoms with Crippen LogP contribution in [0.3, 0.4) is 0 Å². The molecule has 1 aliphatic rings. The van der Waals surface area contributed by atoms with Crippen molar-refractivity contribution in [2.24, 2.45) is 5.92 Å². The van der Waals surface area contributed by atoms with E-state index in [1.54, 1.807) is 37.7 Å². The third-order valence-corrected chi connectivity index (χ3v) is 11.9. The van der Waals surface area contributed by atoms with Gasteiger partial charge in [0.15, 0.2) is 0 Å². The van der Waals surface area contributed by atoms with Crippen LogP contribution in [0.4, 0.5) is 0 Å². The lowest BCUT2D eigenvalue weighted by Gasteiger charge is -2.29. The van der Waals surface area contributed by atoms with E-state index >= 15 is 0 Å². The molecule has 0 radical (unpaired) electrons. The highest BCUT2D eigenvalue weighted by Crippen LogP contribution is 2.25. The van der Waals surface area contributed by atoms with Gasteiger partial charge in [0, 0.05) is 50.6 Å². The van der Waals surface area contributed by atoms with Gasteiger partial charge in [0.2, 0.25) is 15.9 Å². The number of hydrogen-bond donors (Lipinski definition) is 1. The van der Waals surface area contributed by atoms with E-state index in [0.717, 1.165) is 58.9 Å². The van der Waals surface area contributed by atoms with Crippen LogP contribution in [0.1, 0.15) is 67.0 Å². The molecule has 4 heterocycles. The Labute approximate surface area is 319 Å². The van der Waals surface area contributed by atoms with Crippen molar-refractivity contribution in [1.29, 1.82) is 0 Å². The minimum Gasteiger partial charge on any atom is -0.351 e. The Kier molecular flexibility index (Phi) is 12.5. The van der Waals surface area contributed by atoms with E-state index in [1.807, 2.05) is 57.2 Å². The number of fused-ring (bicyclic) bond motifs is 1. The van der Waals surface area contributed by atoms with Gasteiger partial charge < -0.3 is 9.88 Å². The van der Waals surface area contributed by atoms with Crippen molar-refractivity contribution in [1.82, 2.24) is 34.0 Å². The molecule has 1 saturated heterocycles. The Balaban J connectivity index is 1.11. The molecular formula is C43H51N7O3S. The number of aryl methyl sites for hydroxylation is 2. The summed E-state index contributed by atoms with van der Waals surface area (Å²) < 4.78 is 31.2. The average molecular weight is 746 g/mol. The lowest BCUT2D eigenvalue weighted by molar-refractivity contribution is -0.116. The lowest BCUT2D eigenvalue weighted by atomic mass is 10.00. The molecule has 2 aromatic carbocycles. The van der Waals surface area contributed by atoms with Crippen LogP contribution in [0, 0.1) is 19.8 Å². The minimum absolute atomic E-state index is 0.168. The number of likely N-dealkylation sites (N-methyl/N-ethyl adjacent to an activating group) is 1. The lowest BCUT2D eigenvalue weighted by Crippen LogP contribution is -2.45. The van der Waals surface area contributed by atoms with E-state index in [-0.39, 0.29) is 23.3 Å². The summed E-state index contributed by atoms with van der Waals surface area (Å²) in [7, 11) is -2.25. The predicted molar refractivity (Wildman–Crippen MR) is 216 cm³/mol. The Bertz CT molecular complexity index is 2220. The summed E-state index contributed by atoms with van der Waals surface area (Å²) in [5.41, 5.74) is 7.64. The van der Waals surface area contributed by atoms with Gasteiger partial charge in [0.25, 0.3) is 0 Å². The second kappa shape index (κ2) is 17.4. The summed E-state index contributed by atoms with van der Waals surface area (Å²) in [6.45, 7) is 11.9. The number of hydrogen-bond acceptors (Lipinski definition) is 7. The Hall–Kier alpha value is -4.97. The van der Waals surface area contributed by atoms with E-state index in [2.05, 4.69) is 62.0 Å². The minimum atomic E-state index is -3.84. The van der Waals surface area contributed by atoms with Crippen molar-refractivity contribution in [3.63, 3.8) is 0 Å². The highest BCUT2D eigenvalue weighted by molar-refractivity contribution is 7.89. The third kappa shape index (κ3) is 9.57. The van der Waals surface area contributed by atoms with Crippen molar-refractivity contribution < 1.29 is 13.2 Å². The number of carbonyl (C=O) groups is 1. The number of pyridine rings is 2. The Morgan fingerprint density at radius 3 is 2.43 bits per heavy atom. The molecule has 1 fully saturated rings. The van der Waals surface area contributed by atoms with Gasteiger partial charge in [-0.05, 0) is 99.7 Å². The fourth-order valence-electron chi connectivity index (χ4n) is 6.94. The maximum Gasteiger partial charge on any atom is 0.244 e. The fraction of sp³-hybridized carbons (Fsp3) is 0.349. The van der Waals surface area contributed by atoms with E-state index in [4.69, 9.17) is 4.98 Å². The SMILES string of the molecule is Cc1ccc(C(=CCN2CCCC2)c2cccc(C=CC(=O)NC[C@H](CC(C)C)N(C)S(=O)(=O)c3ccc(Cn4c(C)nc5cnccc54)cc3)n2)cc1. The van der Waals surface area contributed by atoms with E-state index in [9.17, 15) is 13.2 Å². The zero-order valence-electron chi connectivity index (χ0n) is 31.9. The molecule has 0 aliphatic carbocycles. The molecule has 5 aromatic rings. The first-order chi connectivity index (χ1) is 26.0. The number of nitrogens with zero attached hydrogens (tertiary/aromatic N) is 6. The van der Waals surface area contributed by atoms with Crippen molar-refractivity contribution in [2.75, 3.05) is 33.2 Å². The van der Waals surface area contributed by atoms with Gasteiger partial charge in [-0.2, -0.15) is 4.31 Å². The fourth-order valence-corrected chi connectivity index (χ4v) is 8.31. The number of nitrogens with one attached hydrogen (secondary N) is 1. The summed E-state index contributed by atoms with van der Waals surface area (Å²) in [6, 6.07) is 22.8. The molecule has 0 saturated carbocycles. The molecule has 11 heteroatoms. The first-order valence-corrected chi connectivity index (χ1v) is 20.2. The third-order valence-electron chi connectivity index (χ3n) is 10.0. The molecule has 54 heavy (non-hydrogen) atoms. The summed E-state index contributed by atoms with van der Waals surface area (Å²) >= 11 is 0. The van der Waals surface area contributed by atoms with E-state index in [0.29, 0.717) is 18.7 Å². The molecule has 3 aromatic heterocycles. The molecule has 10 nitrogen and oxygen atoms in total. The van der Waals surface area contributed by atoms with Gasteiger partial charge in [0.05, 0.1) is 28.0 Å². The van der Waals surface area contributed by atoms with Crippen LogP contribution in [0.15, 0.2) is 102 Å². The number of imidazole rings is 1. The molecule has 1 amide bonds. The van der Waals surface area contributed by atoms with Crippen LogP contribution in [0.25, 0.3) is 22.7 Å². The van der Waals surface area contributed by atoms with E-state index < -0.39 is 16.1 Å². The van der Waals surface area contributed by atoms with Gasteiger partial charge in [0.1, 0.15) is 11.3 Å². The molecular weight excluding hydrogens is 695 g/mol. The average Bonchev–Trinajstić information content (AvgIpc) is 3.80. The Morgan fingerprint density at radius 1 is 0.963 bits per heavy atom. The summed E-state index contributed by atoms with van der Waals surface area (Å²) in [4.78, 5) is 29.4. The van der Waals surface area contributed by atoms with E-state index in [1.165, 1.54) is 28.8 Å². The number of amides is 1. The molecule has 1 aliphatic heterocycles. The molecule has 1 atom stereocenters.